The fourth-order valence-corrected chi connectivity index (χ4v) is 1.43. The van der Waals surface area contributed by atoms with Crippen LogP contribution in [0.2, 0.25) is 0 Å². The van der Waals surface area contributed by atoms with Gasteiger partial charge in [0.2, 0.25) is 0 Å². The third-order valence-corrected chi connectivity index (χ3v) is 2.11. The topological polar surface area (TPSA) is 20.2 Å². The van der Waals surface area contributed by atoms with E-state index in [1.165, 1.54) is 0 Å². The van der Waals surface area contributed by atoms with Crippen molar-refractivity contribution in [2.24, 2.45) is 0 Å². The number of rotatable bonds is 1. The number of hydrogen-bond donors (Lipinski definition) is 1. The first-order chi connectivity index (χ1) is 6.38. The lowest BCUT2D eigenvalue weighted by atomic mass is 9.90. The van der Waals surface area contributed by atoms with Crippen molar-refractivity contribution in [3.8, 4) is 0 Å². The van der Waals surface area contributed by atoms with Crippen LogP contribution in [-0.2, 0) is 0 Å². The van der Waals surface area contributed by atoms with Gasteiger partial charge in [0.1, 0.15) is 0 Å². The second-order valence-electron chi connectivity index (χ2n) is 3.01. The number of allylic oxidation sites excluding steroid dienone is 2. The summed E-state index contributed by atoms with van der Waals surface area (Å²) in [6.07, 6.45) is 7.06. The molecule has 1 aromatic rings. The van der Waals surface area contributed by atoms with Crippen molar-refractivity contribution in [2.45, 2.75) is 6.10 Å². The third kappa shape index (κ3) is 1.70. The first kappa shape index (κ1) is 8.27. The van der Waals surface area contributed by atoms with Crippen molar-refractivity contribution in [1.82, 2.24) is 0 Å². The van der Waals surface area contributed by atoms with Crippen LogP contribution in [-0.4, -0.2) is 11.2 Å². The maximum absolute atomic E-state index is 9.65. The van der Waals surface area contributed by atoms with Gasteiger partial charge in [-0.3, -0.25) is 0 Å². The van der Waals surface area contributed by atoms with E-state index < -0.39 is 6.10 Å². The zero-order valence-electron chi connectivity index (χ0n) is 7.22. The summed E-state index contributed by atoms with van der Waals surface area (Å²) in [6, 6.07) is 9.92. The maximum Gasteiger partial charge on any atom is 0.0868 e. The van der Waals surface area contributed by atoms with E-state index in [2.05, 4.69) is 0 Å². The highest BCUT2D eigenvalue weighted by molar-refractivity contribution is 5.44. The standard InChI is InChI=1S/C12H11O/c13-12-9-5-4-8-11(12)10-6-2-1-3-7-10/h1-9,12-13H. The first-order valence-corrected chi connectivity index (χ1v) is 4.33. The minimum absolute atomic E-state index is 0.465. The Hall–Kier alpha value is -1.34. The molecule has 1 aliphatic carbocycles. The molecule has 1 nitrogen and oxygen atoms in total. The Bertz CT molecular complexity index is 324. The molecule has 0 bridgehead atoms. The monoisotopic (exact) mass is 171 g/mol. The molecule has 0 saturated heterocycles. The van der Waals surface area contributed by atoms with Crippen LogP contribution in [0.25, 0.3) is 0 Å². The predicted octanol–water partition coefficient (Wildman–Crippen LogP) is 2.10. The predicted molar refractivity (Wildman–Crippen MR) is 53.1 cm³/mol. The highest BCUT2D eigenvalue weighted by atomic mass is 16.3. The third-order valence-electron chi connectivity index (χ3n) is 2.11. The van der Waals surface area contributed by atoms with Crippen LogP contribution in [0.1, 0.15) is 5.56 Å². The van der Waals surface area contributed by atoms with Gasteiger partial charge in [0.05, 0.1) is 12.0 Å². The molecule has 1 atom stereocenters. The number of aliphatic hydroxyl groups excluding tert-OH is 1. The zero-order valence-corrected chi connectivity index (χ0v) is 7.22. The molecule has 13 heavy (non-hydrogen) atoms. The summed E-state index contributed by atoms with van der Waals surface area (Å²) in [6.45, 7) is 0. The molecule has 0 heterocycles. The lowest BCUT2D eigenvalue weighted by Gasteiger charge is -2.18. The minimum atomic E-state index is -0.465. The molecule has 1 heteroatoms. The van der Waals surface area contributed by atoms with E-state index in [-0.39, 0.29) is 0 Å². The molecule has 1 aliphatic rings. The molecule has 0 aromatic heterocycles. The maximum atomic E-state index is 9.65. The molecule has 0 amide bonds. The van der Waals surface area contributed by atoms with Crippen LogP contribution >= 0.6 is 0 Å². The van der Waals surface area contributed by atoms with Crippen LogP contribution < -0.4 is 0 Å². The average Bonchev–Trinajstić information content (AvgIpc) is 2.20. The fourth-order valence-electron chi connectivity index (χ4n) is 1.43. The summed E-state index contributed by atoms with van der Waals surface area (Å²) >= 11 is 0. The summed E-state index contributed by atoms with van der Waals surface area (Å²) in [5, 5.41) is 9.65. The highest BCUT2D eigenvalue weighted by Gasteiger charge is 2.17. The molecule has 0 fully saturated rings. The molecular weight excluding hydrogens is 160 g/mol. The molecule has 65 valence electrons. The second kappa shape index (κ2) is 3.58. The quantitative estimate of drug-likeness (QED) is 0.686. The first-order valence-electron chi connectivity index (χ1n) is 4.33. The fraction of sp³-hybridized carbons (Fsp3) is 0.0833. The van der Waals surface area contributed by atoms with E-state index in [9.17, 15) is 5.11 Å². The van der Waals surface area contributed by atoms with Crippen LogP contribution in [0.3, 0.4) is 0 Å². The summed E-state index contributed by atoms with van der Waals surface area (Å²) < 4.78 is 0. The number of aliphatic hydroxyl groups is 1. The van der Waals surface area contributed by atoms with Gasteiger partial charge in [0.25, 0.3) is 0 Å². The molecule has 2 rings (SSSR count). The second-order valence-corrected chi connectivity index (χ2v) is 3.01. The van der Waals surface area contributed by atoms with Gasteiger partial charge in [0.15, 0.2) is 0 Å². The molecule has 1 N–H and O–H groups in total. The van der Waals surface area contributed by atoms with Crippen LogP contribution in [0, 0.1) is 5.92 Å². The molecule has 1 radical (unpaired) electrons. The molecular formula is C12H11O. The van der Waals surface area contributed by atoms with E-state index >= 15 is 0 Å². The summed E-state index contributed by atoms with van der Waals surface area (Å²) in [5.41, 5.74) is 1.08. The summed E-state index contributed by atoms with van der Waals surface area (Å²) in [5.74, 6) is 0.961. The minimum Gasteiger partial charge on any atom is -0.388 e. The SMILES string of the molecule is OC1C=CC=C[C]1c1ccccc1. The lowest BCUT2D eigenvalue weighted by Crippen LogP contribution is -2.16. The van der Waals surface area contributed by atoms with Crippen molar-refractivity contribution < 1.29 is 5.11 Å². The lowest BCUT2D eigenvalue weighted by molar-refractivity contribution is 0.245. The summed E-state index contributed by atoms with van der Waals surface area (Å²) in [4.78, 5) is 0. The zero-order chi connectivity index (χ0) is 9.10. The Morgan fingerprint density at radius 1 is 1.00 bits per heavy atom. The molecule has 0 spiro atoms. The Kier molecular flexibility index (Phi) is 2.28. The largest absolute Gasteiger partial charge is 0.388 e. The van der Waals surface area contributed by atoms with Crippen molar-refractivity contribution in [1.29, 1.82) is 0 Å². The van der Waals surface area contributed by atoms with Crippen molar-refractivity contribution in [3.05, 3.63) is 66.1 Å². The van der Waals surface area contributed by atoms with Crippen LogP contribution in [0.5, 0.6) is 0 Å². The average molecular weight is 171 g/mol. The normalized spacial score (nSPS) is 22.1. The van der Waals surface area contributed by atoms with Crippen molar-refractivity contribution in [2.75, 3.05) is 0 Å². The van der Waals surface area contributed by atoms with Gasteiger partial charge in [-0.15, -0.1) is 0 Å². The Morgan fingerprint density at radius 3 is 2.46 bits per heavy atom. The van der Waals surface area contributed by atoms with E-state index in [0.717, 1.165) is 11.5 Å². The van der Waals surface area contributed by atoms with Gasteiger partial charge < -0.3 is 5.11 Å². The van der Waals surface area contributed by atoms with Crippen molar-refractivity contribution in [3.63, 3.8) is 0 Å². The van der Waals surface area contributed by atoms with Crippen molar-refractivity contribution >= 4 is 0 Å². The smallest absolute Gasteiger partial charge is 0.0868 e. The van der Waals surface area contributed by atoms with Gasteiger partial charge in [-0.2, -0.15) is 0 Å². The Balaban J connectivity index is 2.27. The molecule has 1 aromatic carbocycles. The van der Waals surface area contributed by atoms with Gasteiger partial charge in [0, 0.05) is 0 Å². The van der Waals surface area contributed by atoms with E-state index in [0.29, 0.717) is 0 Å². The van der Waals surface area contributed by atoms with Crippen LogP contribution in [0.4, 0.5) is 0 Å². The highest BCUT2D eigenvalue weighted by Crippen LogP contribution is 2.23. The number of benzene rings is 1. The van der Waals surface area contributed by atoms with Gasteiger partial charge >= 0.3 is 0 Å². The molecule has 1 unspecified atom stereocenters. The Morgan fingerprint density at radius 2 is 1.77 bits per heavy atom. The van der Waals surface area contributed by atoms with E-state index in [1.807, 2.05) is 48.6 Å². The molecule has 0 aliphatic heterocycles. The van der Waals surface area contributed by atoms with E-state index in [1.54, 1.807) is 6.08 Å². The van der Waals surface area contributed by atoms with Gasteiger partial charge in [-0.25, -0.2) is 0 Å². The Labute approximate surface area is 78.0 Å². The number of hydrogen-bond acceptors (Lipinski definition) is 1. The van der Waals surface area contributed by atoms with Gasteiger partial charge in [-0.1, -0.05) is 54.6 Å². The van der Waals surface area contributed by atoms with Gasteiger partial charge in [-0.05, 0) is 5.56 Å². The van der Waals surface area contributed by atoms with E-state index in [4.69, 9.17) is 0 Å². The molecule has 0 saturated carbocycles. The van der Waals surface area contributed by atoms with Crippen LogP contribution in [0.15, 0.2) is 54.6 Å². The summed E-state index contributed by atoms with van der Waals surface area (Å²) in [7, 11) is 0.